The van der Waals surface area contributed by atoms with Gasteiger partial charge in [0.15, 0.2) is 0 Å². The number of para-hydroxylation sites is 2. The Morgan fingerprint density at radius 2 is 2.23 bits per heavy atom. The van der Waals surface area contributed by atoms with Crippen molar-refractivity contribution in [3.8, 4) is 5.75 Å². The van der Waals surface area contributed by atoms with Crippen LogP contribution in [-0.4, -0.2) is 43.0 Å². The first-order valence-corrected chi connectivity index (χ1v) is 8.91. The Morgan fingerprint density at radius 1 is 1.46 bits per heavy atom. The Morgan fingerprint density at radius 3 is 2.96 bits per heavy atom. The molecule has 1 aliphatic rings. The number of thiazole rings is 1. The number of nitrogens with zero attached hydrogens (tertiary/aromatic N) is 2. The fourth-order valence-corrected chi connectivity index (χ4v) is 3.59. The summed E-state index contributed by atoms with van der Waals surface area (Å²) < 4.78 is 5.32. The first-order chi connectivity index (χ1) is 12.1. The number of hydrogen-bond acceptors (Lipinski definition) is 6. The van der Waals surface area contributed by atoms with E-state index < -0.39 is 6.04 Å². The molecule has 1 aliphatic heterocycles. The van der Waals surface area contributed by atoms with Crippen LogP contribution in [0, 0.1) is 0 Å². The lowest BCUT2D eigenvalue weighted by atomic mass is 10.2. The van der Waals surface area contributed by atoms with Crippen molar-refractivity contribution >= 4 is 41.2 Å². The van der Waals surface area contributed by atoms with Crippen LogP contribution in [0.2, 0.25) is 0 Å². The minimum Gasteiger partial charge on any atom is -0.495 e. The largest absolute Gasteiger partial charge is 0.495 e. The number of aromatic nitrogens is 1. The zero-order valence-electron chi connectivity index (χ0n) is 14.3. The molecule has 2 amide bonds. The highest BCUT2D eigenvalue weighted by molar-refractivity contribution is 7.09. The van der Waals surface area contributed by atoms with Crippen molar-refractivity contribution in [2.45, 2.75) is 18.9 Å². The number of carbonyl (C=O) groups is 2. The van der Waals surface area contributed by atoms with Crippen LogP contribution < -0.4 is 20.7 Å². The molecule has 0 radical (unpaired) electrons. The predicted octanol–water partition coefficient (Wildman–Crippen LogP) is 1.61. The highest BCUT2D eigenvalue weighted by Crippen LogP contribution is 2.31. The van der Waals surface area contributed by atoms with Crippen LogP contribution in [0.1, 0.15) is 21.9 Å². The number of amides is 2. The molecule has 2 aromatic rings. The predicted molar refractivity (Wildman–Crippen MR) is 103 cm³/mol. The number of halogens is 1. The molecule has 1 aromatic heterocycles. The second-order valence-corrected chi connectivity index (χ2v) is 6.58. The number of nitrogens with one attached hydrogen (secondary N) is 1. The molecule has 1 fully saturated rings. The van der Waals surface area contributed by atoms with Crippen LogP contribution in [-0.2, 0) is 11.2 Å². The maximum Gasteiger partial charge on any atom is 0.271 e. The minimum absolute atomic E-state index is 0. The molecule has 0 aliphatic carbocycles. The van der Waals surface area contributed by atoms with Gasteiger partial charge in [-0.3, -0.25) is 9.59 Å². The number of anilines is 1. The van der Waals surface area contributed by atoms with Crippen LogP contribution in [0.3, 0.4) is 0 Å². The van der Waals surface area contributed by atoms with Crippen molar-refractivity contribution in [2.75, 3.05) is 25.1 Å². The SMILES string of the molecule is COc1ccccc1N1CCC(NC(=O)c2csc(CCN)n2)C1=O.Cl. The monoisotopic (exact) mass is 396 g/mol. The number of carbonyl (C=O) groups excluding carboxylic acids is 2. The zero-order valence-corrected chi connectivity index (χ0v) is 15.9. The molecule has 1 aromatic carbocycles. The molecule has 0 saturated carbocycles. The van der Waals surface area contributed by atoms with E-state index in [2.05, 4.69) is 10.3 Å². The van der Waals surface area contributed by atoms with Gasteiger partial charge in [0.2, 0.25) is 5.91 Å². The van der Waals surface area contributed by atoms with Crippen molar-refractivity contribution in [3.63, 3.8) is 0 Å². The van der Waals surface area contributed by atoms with E-state index >= 15 is 0 Å². The van der Waals surface area contributed by atoms with Gasteiger partial charge in [0, 0.05) is 18.3 Å². The van der Waals surface area contributed by atoms with E-state index in [4.69, 9.17) is 10.5 Å². The summed E-state index contributed by atoms with van der Waals surface area (Å²) in [5.74, 6) is 0.156. The number of ether oxygens (including phenoxy) is 1. The van der Waals surface area contributed by atoms with Crippen molar-refractivity contribution < 1.29 is 14.3 Å². The van der Waals surface area contributed by atoms with E-state index in [1.165, 1.54) is 11.3 Å². The lowest BCUT2D eigenvalue weighted by Crippen LogP contribution is -2.41. The third-order valence-electron chi connectivity index (χ3n) is 4.03. The number of benzene rings is 1. The first kappa shape index (κ1) is 20.2. The summed E-state index contributed by atoms with van der Waals surface area (Å²) in [6.07, 6.45) is 1.18. The molecule has 1 unspecified atom stereocenters. The van der Waals surface area contributed by atoms with Gasteiger partial charge in [-0.1, -0.05) is 12.1 Å². The van der Waals surface area contributed by atoms with Crippen LogP contribution in [0.15, 0.2) is 29.6 Å². The normalized spacial score (nSPS) is 16.3. The summed E-state index contributed by atoms with van der Waals surface area (Å²) in [5, 5.41) is 5.29. The molecule has 1 saturated heterocycles. The van der Waals surface area contributed by atoms with Gasteiger partial charge in [-0.25, -0.2) is 4.98 Å². The topological polar surface area (TPSA) is 97.6 Å². The summed E-state index contributed by atoms with van der Waals surface area (Å²) in [4.78, 5) is 30.9. The van der Waals surface area contributed by atoms with Gasteiger partial charge in [-0.05, 0) is 25.1 Å². The van der Waals surface area contributed by atoms with Gasteiger partial charge in [-0.2, -0.15) is 0 Å². The van der Waals surface area contributed by atoms with Gasteiger partial charge in [0.1, 0.15) is 17.5 Å². The number of methoxy groups -OCH3 is 1. The average molecular weight is 397 g/mol. The van der Waals surface area contributed by atoms with Crippen LogP contribution >= 0.6 is 23.7 Å². The van der Waals surface area contributed by atoms with E-state index in [9.17, 15) is 9.59 Å². The lowest BCUT2D eigenvalue weighted by Gasteiger charge is -2.19. The summed E-state index contributed by atoms with van der Waals surface area (Å²) >= 11 is 1.40. The third-order valence-corrected chi connectivity index (χ3v) is 4.94. The highest BCUT2D eigenvalue weighted by Gasteiger charge is 2.35. The maximum atomic E-state index is 12.7. The summed E-state index contributed by atoms with van der Waals surface area (Å²) in [7, 11) is 1.57. The number of nitrogens with two attached hydrogens (primary N) is 1. The molecular formula is C17H21ClN4O3S. The average Bonchev–Trinajstić information content (AvgIpc) is 3.23. The molecule has 2 heterocycles. The fourth-order valence-electron chi connectivity index (χ4n) is 2.79. The molecule has 0 spiro atoms. The number of hydrogen-bond donors (Lipinski definition) is 2. The molecule has 7 nitrogen and oxygen atoms in total. The van der Waals surface area contributed by atoms with Crippen molar-refractivity contribution in [2.24, 2.45) is 5.73 Å². The Bertz CT molecular complexity index is 783. The quantitative estimate of drug-likeness (QED) is 0.773. The molecule has 1 atom stereocenters. The fraction of sp³-hybridized carbons (Fsp3) is 0.353. The summed E-state index contributed by atoms with van der Waals surface area (Å²) in [6, 6.07) is 6.79. The molecule has 140 valence electrons. The molecule has 3 N–H and O–H groups in total. The van der Waals surface area contributed by atoms with Crippen molar-refractivity contribution in [1.29, 1.82) is 0 Å². The molecule has 3 rings (SSSR count). The van der Waals surface area contributed by atoms with E-state index in [0.29, 0.717) is 43.1 Å². The number of rotatable bonds is 6. The van der Waals surface area contributed by atoms with E-state index in [1.807, 2.05) is 24.3 Å². The Balaban J connectivity index is 0.00000243. The minimum atomic E-state index is -0.558. The molecule has 9 heteroatoms. The maximum absolute atomic E-state index is 12.7. The summed E-state index contributed by atoms with van der Waals surface area (Å²) in [6.45, 7) is 1.02. The summed E-state index contributed by atoms with van der Waals surface area (Å²) in [5.41, 5.74) is 6.54. The van der Waals surface area contributed by atoms with Crippen LogP contribution in [0.4, 0.5) is 5.69 Å². The van der Waals surface area contributed by atoms with Gasteiger partial charge in [0.05, 0.1) is 17.8 Å². The third kappa shape index (κ3) is 4.14. The van der Waals surface area contributed by atoms with Crippen LogP contribution in [0.25, 0.3) is 0 Å². The van der Waals surface area contributed by atoms with E-state index in [-0.39, 0.29) is 24.2 Å². The van der Waals surface area contributed by atoms with Gasteiger partial charge in [0.25, 0.3) is 5.91 Å². The molecular weight excluding hydrogens is 376 g/mol. The second kappa shape index (κ2) is 8.98. The molecule has 0 bridgehead atoms. The standard InChI is InChI=1S/C17H20N4O3S.ClH/c1-24-14-5-3-2-4-13(14)21-9-7-11(17(21)23)20-16(22)12-10-25-15(19-12)6-8-18;/h2-5,10-11H,6-9,18H2,1H3,(H,20,22);1H. The smallest absolute Gasteiger partial charge is 0.271 e. The zero-order chi connectivity index (χ0) is 17.8. The second-order valence-electron chi connectivity index (χ2n) is 5.64. The van der Waals surface area contributed by atoms with Crippen LogP contribution in [0.5, 0.6) is 5.75 Å². The lowest BCUT2D eigenvalue weighted by molar-refractivity contribution is -0.118. The van der Waals surface area contributed by atoms with Crippen molar-refractivity contribution in [3.05, 3.63) is 40.3 Å². The van der Waals surface area contributed by atoms with Gasteiger partial charge >= 0.3 is 0 Å². The Kier molecular flexibility index (Phi) is 6.96. The van der Waals surface area contributed by atoms with E-state index in [1.54, 1.807) is 17.4 Å². The van der Waals surface area contributed by atoms with E-state index in [0.717, 1.165) is 5.01 Å². The Labute approximate surface area is 162 Å². The van der Waals surface area contributed by atoms with Gasteiger partial charge < -0.3 is 20.7 Å². The Hall–Kier alpha value is -2.16. The van der Waals surface area contributed by atoms with Gasteiger partial charge in [-0.15, -0.1) is 23.7 Å². The first-order valence-electron chi connectivity index (χ1n) is 8.03. The van der Waals surface area contributed by atoms with Crippen molar-refractivity contribution in [1.82, 2.24) is 10.3 Å². The molecule has 26 heavy (non-hydrogen) atoms. The highest BCUT2D eigenvalue weighted by atomic mass is 35.5.